The fourth-order valence-electron chi connectivity index (χ4n) is 4.79. The van der Waals surface area contributed by atoms with Gasteiger partial charge in [0.15, 0.2) is 0 Å². The minimum Gasteiger partial charge on any atom is -0.341 e. The molecule has 2 fully saturated rings. The summed E-state index contributed by atoms with van der Waals surface area (Å²) >= 11 is 6.02. The maximum atomic E-state index is 13.3. The summed E-state index contributed by atoms with van der Waals surface area (Å²) in [7, 11) is -2.45. The van der Waals surface area contributed by atoms with Crippen molar-refractivity contribution >= 4 is 44.2 Å². The lowest BCUT2D eigenvalue weighted by atomic mass is 10.1. The van der Waals surface area contributed by atoms with Crippen LogP contribution in [-0.4, -0.2) is 73.1 Å². The van der Waals surface area contributed by atoms with Crippen molar-refractivity contribution in [2.45, 2.75) is 56.0 Å². The first-order valence-corrected chi connectivity index (χ1v) is 13.3. The van der Waals surface area contributed by atoms with Crippen LogP contribution in [0, 0.1) is 0 Å². The monoisotopic (exact) mass is 491 g/mol. The van der Waals surface area contributed by atoms with Gasteiger partial charge in [-0.25, -0.2) is 8.42 Å². The third-order valence-corrected chi connectivity index (χ3v) is 8.94. The molecule has 0 aromatic heterocycles. The molecule has 2 amide bonds. The van der Waals surface area contributed by atoms with E-state index in [0.29, 0.717) is 18.0 Å². The molecule has 2 aromatic carbocycles. The molecule has 4 rings (SSSR count). The molecule has 2 aliphatic heterocycles. The first-order valence-electron chi connectivity index (χ1n) is 11.5. The van der Waals surface area contributed by atoms with E-state index in [2.05, 4.69) is 0 Å². The predicted molar refractivity (Wildman–Crippen MR) is 129 cm³/mol. The Hall–Kier alpha value is -2.16. The Labute approximate surface area is 200 Å². The average Bonchev–Trinajstić information content (AvgIpc) is 2.99. The van der Waals surface area contributed by atoms with Crippen LogP contribution in [-0.2, 0) is 19.6 Å². The number of hydrogen-bond acceptors (Lipinski definition) is 4. The molecule has 9 heteroatoms. The van der Waals surface area contributed by atoms with Gasteiger partial charge in [0.1, 0.15) is 12.1 Å². The number of sulfonamides is 1. The number of amides is 2. The fraction of sp³-hybridized carbons (Fsp3) is 0.500. The van der Waals surface area contributed by atoms with Crippen LogP contribution in [0.2, 0.25) is 5.02 Å². The Balaban J connectivity index is 1.50. The molecule has 2 saturated heterocycles. The van der Waals surface area contributed by atoms with Crippen LogP contribution < -0.4 is 0 Å². The first kappa shape index (κ1) is 24.0. The van der Waals surface area contributed by atoms with Gasteiger partial charge in [-0.1, -0.05) is 36.6 Å². The summed E-state index contributed by atoms with van der Waals surface area (Å²) in [4.78, 5) is 29.7. The molecule has 0 spiro atoms. The number of carbonyl (C=O) groups excluding carboxylic acids is 2. The second kappa shape index (κ2) is 9.60. The Morgan fingerprint density at radius 3 is 2.36 bits per heavy atom. The summed E-state index contributed by atoms with van der Waals surface area (Å²) in [6.45, 7) is 3.54. The van der Waals surface area contributed by atoms with Gasteiger partial charge in [0.25, 0.3) is 0 Å². The van der Waals surface area contributed by atoms with Gasteiger partial charge in [-0.15, -0.1) is 0 Å². The molecule has 7 nitrogen and oxygen atoms in total. The van der Waals surface area contributed by atoms with E-state index >= 15 is 0 Å². The minimum atomic E-state index is -3.89. The van der Waals surface area contributed by atoms with Crippen molar-refractivity contribution in [3.8, 4) is 0 Å². The highest BCUT2D eigenvalue weighted by Crippen LogP contribution is 2.28. The molecule has 2 atom stereocenters. The Bertz CT molecular complexity index is 1160. The van der Waals surface area contributed by atoms with Gasteiger partial charge < -0.3 is 9.80 Å². The Morgan fingerprint density at radius 2 is 1.67 bits per heavy atom. The van der Waals surface area contributed by atoms with Crippen LogP contribution in [0.15, 0.2) is 41.3 Å². The molecule has 2 aliphatic rings. The third-order valence-electron chi connectivity index (χ3n) is 6.84. The third kappa shape index (κ3) is 4.74. The minimum absolute atomic E-state index is 0.0513. The molecule has 0 aliphatic carbocycles. The number of hydrogen-bond donors (Lipinski definition) is 0. The van der Waals surface area contributed by atoms with Gasteiger partial charge in [0.05, 0.1) is 4.90 Å². The molecule has 33 heavy (non-hydrogen) atoms. The van der Waals surface area contributed by atoms with Crippen molar-refractivity contribution in [2.24, 2.45) is 0 Å². The number of halogens is 1. The number of benzene rings is 2. The lowest BCUT2D eigenvalue weighted by molar-refractivity contribution is -0.143. The van der Waals surface area contributed by atoms with Crippen molar-refractivity contribution in [3.63, 3.8) is 0 Å². The zero-order valence-electron chi connectivity index (χ0n) is 19.0. The summed E-state index contributed by atoms with van der Waals surface area (Å²) in [6, 6.07) is 8.69. The molecule has 0 radical (unpaired) electrons. The number of carbonyl (C=O) groups is 2. The lowest BCUT2D eigenvalue weighted by Gasteiger charge is -2.30. The maximum Gasteiger partial charge on any atom is 0.245 e. The largest absolute Gasteiger partial charge is 0.341 e. The zero-order chi connectivity index (χ0) is 23.8. The molecule has 2 heterocycles. The van der Waals surface area contributed by atoms with E-state index in [1.165, 1.54) is 18.0 Å². The van der Waals surface area contributed by atoms with E-state index in [-0.39, 0.29) is 16.7 Å². The van der Waals surface area contributed by atoms with E-state index in [9.17, 15) is 18.0 Å². The van der Waals surface area contributed by atoms with E-state index in [1.807, 2.05) is 4.90 Å². The lowest BCUT2D eigenvalue weighted by Crippen LogP contribution is -2.50. The highest BCUT2D eigenvalue weighted by atomic mass is 35.5. The molecule has 0 bridgehead atoms. The first-order chi connectivity index (χ1) is 15.7. The number of likely N-dealkylation sites (tertiary alicyclic amines) is 2. The van der Waals surface area contributed by atoms with Crippen LogP contribution in [0.5, 0.6) is 0 Å². The summed E-state index contributed by atoms with van der Waals surface area (Å²) in [5.41, 5.74) is 0. The van der Waals surface area contributed by atoms with Gasteiger partial charge >= 0.3 is 0 Å². The van der Waals surface area contributed by atoms with Crippen molar-refractivity contribution in [3.05, 3.63) is 41.4 Å². The molecular weight excluding hydrogens is 462 g/mol. The summed E-state index contributed by atoms with van der Waals surface area (Å²) in [5, 5.41) is 2.17. The van der Waals surface area contributed by atoms with Crippen LogP contribution in [0.1, 0.15) is 39.0 Å². The summed E-state index contributed by atoms with van der Waals surface area (Å²) < 4.78 is 27.8. The number of rotatable bonds is 5. The standard InChI is InChI=1S/C24H30ClN3O4S/c1-17(23(29)27-12-5-3-4-6-13-27)28-14-11-22(24(28)30)26(2)33(31,32)21-10-8-18-15-20(25)9-7-19(18)16-21/h7-10,15-17,22H,3-6,11-14H2,1-2H3/t17-,22+/m1/s1. The molecular formula is C24H30ClN3O4S. The Kier molecular flexibility index (Phi) is 6.98. The summed E-state index contributed by atoms with van der Waals surface area (Å²) in [6.07, 6.45) is 4.55. The van der Waals surface area contributed by atoms with Gasteiger partial charge in [-0.05, 0) is 61.2 Å². The van der Waals surface area contributed by atoms with E-state index in [4.69, 9.17) is 11.6 Å². The zero-order valence-corrected chi connectivity index (χ0v) is 20.6. The van der Waals surface area contributed by atoms with Crippen LogP contribution in [0.3, 0.4) is 0 Å². The van der Waals surface area contributed by atoms with E-state index in [0.717, 1.165) is 53.9 Å². The molecule has 0 saturated carbocycles. The molecule has 0 unspecified atom stereocenters. The number of fused-ring (bicyclic) bond motifs is 1. The second-order valence-electron chi connectivity index (χ2n) is 8.93. The van der Waals surface area contributed by atoms with E-state index in [1.54, 1.807) is 37.3 Å². The normalized spacial score (nSPS) is 21.0. The maximum absolute atomic E-state index is 13.3. The summed E-state index contributed by atoms with van der Waals surface area (Å²) in [5.74, 6) is -0.367. The van der Waals surface area contributed by atoms with Crippen molar-refractivity contribution in [2.75, 3.05) is 26.7 Å². The van der Waals surface area contributed by atoms with Crippen molar-refractivity contribution in [1.82, 2.24) is 14.1 Å². The topological polar surface area (TPSA) is 78.0 Å². The highest BCUT2D eigenvalue weighted by molar-refractivity contribution is 7.89. The van der Waals surface area contributed by atoms with Crippen LogP contribution in [0.25, 0.3) is 10.8 Å². The molecule has 2 aromatic rings. The van der Waals surface area contributed by atoms with Gasteiger partial charge in [0.2, 0.25) is 21.8 Å². The number of likely N-dealkylation sites (N-methyl/N-ethyl adjacent to an activating group) is 1. The number of nitrogens with zero attached hydrogens (tertiary/aromatic N) is 3. The second-order valence-corrected chi connectivity index (χ2v) is 11.4. The van der Waals surface area contributed by atoms with Crippen molar-refractivity contribution < 1.29 is 18.0 Å². The SMILES string of the molecule is C[C@H](C(=O)N1CCCCCC1)N1CC[C@H](N(C)S(=O)(=O)c2ccc3cc(Cl)ccc3c2)C1=O. The Morgan fingerprint density at radius 1 is 1.03 bits per heavy atom. The van der Waals surface area contributed by atoms with Crippen LogP contribution >= 0.6 is 11.6 Å². The molecule has 0 N–H and O–H groups in total. The predicted octanol–water partition coefficient (Wildman–Crippen LogP) is 3.51. The van der Waals surface area contributed by atoms with Crippen molar-refractivity contribution in [1.29, 1.82) is 0 Å². The quantitative estimate of drug-likeness (QED) is 0.641. The fourth-order valence-corrected chi connectivity index (χ4v) is 6.35. The smallest absolute Gasteiger partial charge is 0.245 e. The van der Waals surface area contributed by atoms with Gasteiger partial charge in [-0.3, -0.25) is 9.59 Å². The average molecular weight is 492 g/mol. The van der Waals surface area contributed by atoms with Gasteiger partial charge in [0, 0.05) is 31.7 Å². The van der Waals surface area contributed by atoms with Gasteiger partial charge in [-0.2, -0.15) is 4.31 Å². The highest BCUT2D eigenvalue weighted by Gasteiger charge is 2.43. The van der Waals surface area contributed by atoms with Crippen LogP contribution in [0.4, 0.5) is 0 Å². The molecule has 178 valence electrons. The van der Waals surface area contributed by atoms with E-state index < -0.39 is 22.1 Å².